The summed E-state index contributed by atoms with van der Waals surface area (Å²) in [5.41, 5.74) is 9.88. The Hall–Kier alpha value is -2.34. The van der Waals surface area contributed by atoms with E-state index in [4.69, 9.17) is 0 Å². The van der Waals surface area contributed by atoms with Gasteiger partial charge < -0.3 is 0 Å². The zero-order valence-corrected chi connectivity index (χ0v) is 14.1. The van der Waals surface area contributed by atoms with Gasteiger partial charge in [0.15, 0.2) is 0 Å². The van der Waals surface area contributed by atoms with Gasteiger partial charge in [0.25, 0.3) is 0 Å². The molecule has 0 heteroatoms. The van der Waals surface area contributed by atoms with Crippen LogP contribution in [0.2, 0.25) is 0 Å². The van der Waals surface area contributed by atoms with Gasteiger partial charge in [-0.1, -0.05) is 81.4 Å². The molecule has 0 saturated heterocycles. The predicted octanol–water partition coefficient (Wildman–Crippen LogP) is 6.22. The summed E-state index contributed by atoms with van der Waals surface area (Å²) in [5, 5.41) is 0. The second-order valence-corrected chi connectivity index (χ2v) is 7.53. The van der Waals surface area contributed by atoms with Crippen LogP contribution in [0.4, 0.5) is 0 Å². The lowest BCUT2D eigenvalue weighted by Crippen LogP contribution is -2.10. The van der Waals surface area contributed by atoms with Crippen molar-refractivity contribution in [3.8, 4) is 22.3 Å². The molecule has 0 fully saturated rings. The van der Waals surface area contributed by atoms with E-state index in [1.54, 1.807) is 0 Å². The van der Waals surface area contributed by atoms with Crippen LogP contribution in [-0.2, 0) is 11.8 Å². The zero-order valence-electron chi connectivity index (χ0n) is 14.1. The molecule has 114 valence electrons. The molecule has 3 aromatic rings. The third kappa shape index (κ3) is 2.49. The summed E-state index contributed by atoms with van der Waals surface area (Å²) in [6, 6.07) is 24.7. The second kappa shape index (κ2) is 5.09. The SMILES string of the molecule is CC(C)(C)c1ccc(-c2ccc3c(c2)-c2ccccc2C3)cc1. The van der Waals surface area contributed by atoms with Crippen molar-refractivity contribution in [1.82, 2.24) is 0 Å². The van der Waals surface area contributed by atoms with Gasteiger partial charge in [-0.2, -0.15) is 0 Å². The van der Waals surface area contributed by atoms with E-state index in [1.807, 2.05) is 0 Å². The van der Waals surface area contributed by atoms with E-state index in [2.05, 4.69) is 87.5 Å². The van der Waals surface area contributed by atoms with Crippen LogP contribution in [-0.4, -0.2) is 0 Å². The van der Waals surface area contributed by atoms with Crippen molar-refractivity contribution >= 4 is 0 Å². The monoisotopic (exact) mass is 298 g/mol. The maximum Gasteiger partial charge on any atom is -0.00134 e. The third-order valence-electron chi connectivity index (χ3n) is 4.88. The molecule has 0 radical (unpaired) electrons. The van der Waals surface area contributed by atoms with Gasteiger partial charge in [0.05, 0.1) is 0 Å². The molecule has 1 aliphatic rings. The van der Waals surface area contributed by atoms with Gasteiger partial charge in [-0.25, -0.2) is 0 Å². The van der Waals surface area contributed by atoms with Gasteiger partial charge in [-0.15, -0.1) is 0 Å². The molecule has 0 bridgehead atoms. The highest BCUT2D eigenvalue weighted by atomic mass is 14.2. The van der Waals surface area contributed by atoms with E-state index in [-0.39, 0.29) is 5.41 Å². The zero-order chi connectivity index (χ0) is 16.0. The number of hydrogen-bond acceptors (Lipinski definition) is 0. The lowest BCUT2D eigenvalue weighted by molar-refractivity contribution is 0.590. The Morgan fingerprint density at radius 2 is 1.30 bits per heavy atom. The van der Waals surface area contributed by atoms with E-state index in [0.29, 0.717) is 0 Å². The maximum atomic E-state index is 2.35. The molecule has 0 aromatic heterocycles. The first-order valence-electron chi connectivity index (χ1n) is 8.34. The van der Waals surface area contributed by atoms with Crippen molar-refractivity contribution in [2.75, 3.05) is 0 Å². The van der Waals surface area contributed by atoms with E-state index in [0.717, 1.165) is 6.42 Å². The van der Waals surface area contributed by atoms with Gasteiger partial charge in [-0.3, -0.25) is 0 Å². The molecule has 1 aliphatic carbocycles. The van der Waals surface area contributed by atoms with Crippen LogP contribution in [0, 0.1) is 0 Å². The van der Waals surface area contributed by atoms with Gasteiger partial charge in [-0.05, 0) is 56.8 Å². The Labute approximate surface area is 138 Å². The fraction of sp³-hybridized carbons (Fsp3) is 0.217. The van der Waals surface area contributed by atoms with Crippen molar-refractivity contribution < 1.29 is 0 Å². The van der Waals surface area contributed by atoms with Crippen LogP contribution in [0.3, 0.4) is 0 Å². The van der Waals surface area contributed by atoms with Crippen LogP contribution in [0.25, 0.3) is 22.3 Å². The molecule has 0 aliphatic heterocycles. The van der Waals surface area contributed by atoms with Gasteiger partial charge in [0.1, 0.15) is 0 Å². The van der Waals surface area contributed by atoms with Crippen LogP contribution in [0.15, 0.2) is 66.7 Å². The normalized spacial score (nSPS) is 12.8. The van der Waals surface area contributed by atoms with Crippen LogP contribution in [0.5, 0.6) is 0 Å². The summed E-state index contributed by atoms with van der Waals surface area (Å²) in [4.78, 5) is 0. The van der Waals surface area contributed by atoms with Crippen molar-refractivity contribution in [3.63, 3.8) is 0 Å². The molecule has 0 heterocycles. The van der Waals surface area contributed by atoms with Crippen molar-refractivity contribution in [2.45, 2.75) is 32.6 Å². The molecule has 0 amide bonds. The maximum absolute atomic E-state index is 2.35. The van der Waals surface area contributed by atoms with Crippen LogP contribution < -0.4 is 0 Å². The Bertz CT molecular complexity index is 861. The highest BCUT2D eigenvalue weighted by molar-refractivity contribution is 5.81. The summed E-state index contributed by atoms with van der Waals surface area (Å²) in [7, 11) is 0. The summed E-state index contributed by atoms with van der Waals surface area (Å²) < 4.78 is 0. The van der Waals surface area contributed by atoms with Gasteiger partial charge >= 0.3 is 0 Å². The molecule has 0 nitrogen and oxygen atoms in total. The summed E-state index contributed by atoms with van der Waals surface area (Å²) in [6.45, 7) is 6.77. The second-order valence-electron chi connectivity index (χ2n) is 7.53. The Kier molecular flexibility index (Phi) is 3.16. The largest absolute Gasteiger partial charge is 0.0619 e. The molecular formula is C23H22. The lowest BCUT2D eigenvalue weighted by atomic mass is 9.86. The molecule has 0 saturated carbocycles. The van der Waals surface area contributed by atoms with Gasteiger partial charge in [0, 0.05) is 0 Å². The molecule has 3 aromatic carbocycles. The van der Waals surface area contributed by atoms with E-state index < -0.39 is 0 Å². The Balaban J connectivity index is 1.75. The number of rotatable bonds is 1. The van der Waals surface area contributed by atoms with Crippen molar-refractivity contribution in [1.29, 1.82) is 0 Å². The van der Waals surface area contributed by atoms with Gasteiger partial charge in [0.2, 0.25) is 0 Å². The molecule has 4 rings (SSSR count). The third-order valence-corrected chi connectivity index (χ3v) is 4.88. The number of benzene rings is 3. The van der Waals surface area contributed by atoms with E-state index in [9.17, 15) is 0 Å². The van der Waals surface area contributed by atoms with E-state index in [1.165, 1.54) is 38.9 Å². The predicted molar refractivity (Wildman–Crippen MR) is 98.8 cm³/mol. The first-order valence-corrected chi connectivity index (χ1v) is 8.34. The quantitative estimate of drug-likeness (QED) is 0.391. The molecule has 0 atom stereocenters. The van der Waals surface area contributed by atoms with Crippen LogP contribution >= 0.6 is 0 Å². The van der Waals surface area contributed by atoms with E-state index >= 15 is 0 Å². The molecular weight excluding hydrogens is 276 g/mol. The standard InChI is InChI=1S/C23H22/c1-23(2,3)20-12-10-16(11-13-20)17-8-9-19-14-18-6-4-5-7-21(18)22(19)15-17/h4-13,15H,14H2,1-3H3. The van der Waals surface area contributed by atoms with Crippen LogP contribution in [0.1, 0.15) is 37.5 Å². The molecule has 23 heavy (non-hydrogen) atoms. The first-order chi connectivity index (χ1) is 11.0. The topological polar surface area (TPSA) is 0 Å². The number of fused-ring (bicyclic) bond motifs is 3. The fourth-order valence-corrected chi connectivity index (χ4v) is 3.47. The minimum absolute atomic E-state index is 0.204. The summed E-state index contributed by atoms with van der Waals surface area (Å²) in [5.74, 6) is 0. The first kappa shape index (κ1) is 14.3. The summed E-state index contributed by atoms with van der Waals surface area (Å²) in [6.07, 6.45) is 1.06. The molecule has 0 spiro atoms. The minimum Gasteiger partial charge on any atom is -0.0619 e. The fourth-order valence-electron chi connectivity index (χ4n) is 3.47. The highest BCUT2D eigenvalue weighted by Crippen LogP contribution is 2.38. The lowest BCUT2D eigenvalue weighted by Gasteiger charge is -2.19. The molecule has 0 unspecified atom stereocenters. The van der Waals surface area contributed by atoms with Crippen molar-refractivity contribution in [3.05, 3.63) is 83.4 Å². The average Bonchev–Trinajstić information content (AvgIpc) is 2.92. The number of hydrogen-bond donors (Lipinski definition) is 0. The minimum atomic E-state index is 0.204. The molecule has 0 N–H and O–H groups in total. The average molecular weight is 298 g/mol. The Morgan fingerprint density at radius 3 is 2.04 bits per heavy atom. The highest BCUT2D eigenvalue weighted by Gasteiger charge is 2.18. The Morgan fingerprint density at radius 1 is 0.652 bits per heavy atom. The smallest absolute Gasteiger partial charge is 0.00134 e. The van der Waals surface area contributed by atoms with Crippen molar-refractivity contribution in [2.24, 2.45) is 0 Å². The summed E-state index contributed by atoms with van der Waals surface area (Å²) >= 11 is 0.